The van der Waals surface area contributed by atoms with E-state index in [1.54, 1.807) is 31.4 Å². The highest BCUT2D eigenvalue weighted by atomic mass is 16.6. The van der Waals surface area contributed by atoms with Crippen molar-refractivity contribution in [3.8, 4) is 17.2 Å². The number of nitrogens with zero attached hydrogens (tertiary/aromatic N) is 2. The van der Waals surface area contributed by atoms with Crippen LogP contribution in [0.5, 0.6) is 17.2 Å². The summed E-state index contributed by atoms with van der Waals surface area (Å²) >= 11 is 0. The van der Waals surface area contributed by atoms with Gasteiger partial charge in [-0.2, -0.15) is 0 Å². The molecule has 0 fully saturated rings. The number of pyridine rings is 1. The molecule has 7 heteroatoms. The third-order valence-electron chi connectivity index (χ3n) is 2.57. The SMILES string of the molecule is CNc1cc(Oc2ccc(OC)c([N+](=O)[O-])c2)ccn1. The predicted octanol–water partition coefficient (Wildman–Crippen LogP) is 2.83. The molecule has 2 aromatic rings. The molecule has 0 aliphatic rings. The molecule has 0 radical (unpaired) electrons. The first-order valence-electron chi connectivity index (χ1n) is 5.78. The Labute approximate surface area is 115 Å². The molecule has 20 heavy (non-hydrogen) atoms. The van der Waals surface area contributed by atoms with Gasteiger partial charge in [0.25, 0.3) is 0 Å². The lowest BCUT2D eigenvalue weighted by molar-refractivity contribution is -0.385. The van der Waals surface area contributed by atoms with E-state index in [0.717, 1.165) is 0 Å². The highest BCUT2D eigenvalue weighted by Gasteiger charge is 2.16. The van der Waals surface area contributed by atoms with Crippen molar-refractivity contribution in [3.63, 3.8) is 0 Å². The second-order valence-electron chi connectivity index (χ2n) is 3.82. The van der Waals surface area contributed by atoms with Crippen molar-refractivity contribution >= 4 is 11.5 Å². The minimum Gasteiger partial charge on any atom is -0.490 e. The molecule has 0 saturated carbocycles. The third-order valence-corrected chi connectivity index (χ3v) is 2.57. The van der Waals surface area contributed by atoms with Crippen LogP contribution in [0.3, 0.4) is 0 Å². The van der Waals surface area contributed by atoms with Crippen LogP contribution in [0.4, 0.5) is 11.5 Å². The number of hydrogen-bond donors (Lipinski definition) is 1. The average molecular weight is 275 g/mol. The number of benzene rings is 1. The molecule has 0 bridgehead atoms. The van der Waals surface area contributed by atoms with Crippen LogP contribution in [-0.2, 0) is 0 Å². The number of methoxy groups -OCH3 is 1. The fourth-order valence-corrected chi connectivity index (χ4v) is 1.62. The maximum atomic E-state index is 10.9. The first-order valence-corrected chi connectivity index (χ1v) is 5.78. The molecule has 0 aliphatic heterocycles. The van der Waals surface area contributed by atoms with Crippen LogP contribution in [0, 0.1) is 10.1 Å². The van der Waals surface area contributed by atoms with Crippen molar-refractivity contribution < 1.29 is 14.4 Å². The van der Waals surface area contributed by atoms with Gasteiger partial charge in [0, 0.05) is 19.3 Å². The van der Waals surface area contributed by atoms with Gasteiger partial charge in [0.2, 0.25) is 0 Å². The van der Waals surface area contributed by atoms with E-state index in [1.165, 1.54) is 19.2 Å². The van der Waals surface area contributed by atoms with E-state index in [0.29, 0.717) is 17.3 Å². The van der Waals surface area contributed by atoms with E-state index < -0.39 is 4.92 Å². The monoisotopic (exact) mass is 275 g/mol. The van der Waals surface area contributed by atoms with Gasteiger partial charge in [-0.25, -0.2) is 4.98 Å². The van der Waals surface area contributed by atoms with E-state index in [4.69, 9.17) is 9.47 Å². The highest BCUT2D eigenvalue weighted by Crippen LogP contribution is 2.33. The van der Waals surface area contributed by atoms with Crippen LogP contribution in [-0.4, -0.2) is 24.1 Å². The highest BCUT2D eigenvalue weighted by molar-refractivity contribution is 5.52. The number of rotatable bonds is 5. The maximum Gasteiger partial charge on any atom is 0.314 e. The zero-order valence-corrected chi connectivity index (χ0v) is 11.0. The Bertz CT molecular complexity index is 631. The minimum absolute atomic E-state index is 0.145. The van der Waals surface area contributed by atoms with Crippen LogP contribution >= 0.6 is 0 Å². The average Bonchev–Trinajstić information content (AvgIpc) is 2.47. The summed E-state index contributed by atoms with van der Waals surface area (Å²) in [5.74, 6) is 1.72. The molecule has 1 heterocycles. The van der Waals surface area contributed by atoms with Crippen molar-refractivity contribution in [1.82, 2.24) is 4.98 Å². The zero-order chi connectivity index (χ0) is 14.5. The quantitative estimate of drug-likeness (QED) is 0.667. The lowest BCUT2D eigenvalue weighted by Crippen LogP contribution is -1.95. The molecule has 1 aromatic heterocycles. The minimum atomic E-state index is -0.517. The fraction of sp³-hybridized carbons (Fsp3) is 0.154. The van der Waals surface area contributed by atoms with Gasteiger partial charge in [0.1, 0.15) is 17.3 Å². The van der Waals surface area contributed by atoms with E-state index in [-0.39, 0.29) is 11.4 Å². The molecule has 104 valence electrons. The summed E-state index contributed by atoms with van der Waals surface area (Å²) in [5, 5.41) is 13.8. The molecule has 7 nitrogen and oxygen atoms in total. The molecular weight excluding hydrogens is 262 g/mol. The second-order valence-corrected chi connectivity index (χ2v) is 3.82. The Morgan fingerprint density at radius 3 is 2.65 bits per heavy atom. The van der Waals surface area contributed by atoms with Crippen LogP contribution in [0.15, 0.2) is 36.5 Å². The number of nitrogens with one attached hydrogen (secondary N) is 1. The van der Waals surface area contributed by atoms with E-state index in [2.05, 4.69) is 10.3 Å². The van der Waals surface area contributed by atoms with Crippen LogP contribution < -0.4 is 14.8 Å². The fourth-order valence-electron chi connectivity index (χ4n) is 1.62. The Kier molecular flexibility index (Phi) is 3.99. The lowest BCUT2D eigenvalue weighted by Gasteiger charge is -2.08. The summed E-state index contributed by atoms with van der Waals surface area (Å²) in [7, 11) is 3.12. The van der Waals surface area contributed by atoms with Crippen LogP contribution in [0.1, 0.15) is 0 Å². The summed E-state index contributed by atoms with van der Waals surface area (Å²) in [6, 6.07) is 7.77. The lowest BCUT2D eigenvalue weighted by atomic mass is 10.3. The smallest absolute Gasteiger partial charge is 0.314 e. The van der Waals surface area contributed by atoms with Crippen LogP contribution in [0.2, 0.25) is 0 Å². The van der Waals surface area contributed by atoms with Gasteiger partial charge in [-0.3, -0.25) is 10.1 Å². The van der Waals surface area contributed by atoms with Crippen molar-refractivity contribution in [2.24, 2.45) is 0 Å². The molecule has 1 N–H and O–H groups in total. The van der Waals surface area contributed by atoms with Gasteiger partial charge in [-0.1, -0.05) is 0 Å². The standard InChI is InChI=1S/C13H13N3O4/c1-14-13-8-10(5-6-15-13)20-9-3-4-12(19-2)11(7-9)16(17)18/h3-8H,1-2H3,(H,14,15). The van der Waals surface area contributed by atoms with Gasteiger partial charge in [-0.05, 0) is 18.2 Å². The van der Waals surface area contributed by atoms with E-state index in [9.17, 15) is 10.1 Å². The summed E-state index contributed by atoms with van der Waals surface area (Å²) in [5.41, 5.74) is -0.145. The van der Waals surface area contributed by atoms with Gasteiger partial charge in [0.05, 0.1) is 18.1 Å². The Morgan fingerprint density at radius 2 is 2.00 bits per heavy atom. The van der Waals surface area contributed by atoms with Crippen molar-refractivity contribution in [2.75, 3.05) is 19.5 Å². The molecule has 0 spiro atoms. The number of nitro benzene ring substituents is 1. The van der Waals surface area contributed by atoms with Crippen molar-refractivity contribution in [2.45, 2.75) is 0 Å². The third kappa shape index (κ3) is 2.94. The number of nitro groups is 1. The summed E-state index contributed by atoms with van der Waals surface area (Å²) in [6.45, 7) is 0. The first-order chi connectivity index (χ1) is 9.63. The number of hydrogen-bond acceptors (Lipinski definition) is 6. The maximum absolute atomic E-state index is 10.9. The topological polar surface area (TPSA) is 86.5 Å². The molecule has 0 unspecified atom stereocenters. The zero-order valence-electron chi connectivity index (χ0n) is 11.0. The van der Waals surface area contributed by atoms with Crippen molar-refractivity contribution in [1.29, 1.82) is 0 Å². The number of ether oxygens (including phenoxy) is 2. The Morgan fingerprint density at radius 1 is 1.25 bits per heavy atom. The first kappa shape index (κ1) is 13.6. The van der Waals surface area contributed by atoms with Gasteiger partial charge < -0.3 is 14.8 Å². The molecule has 0 saturated heterocycles. The number of aromatic nitrogens is 1. The molecule has 2 rings (SSSR count). The van der Waals surface area contributed by atoms with Gasteiger partial charge in [0.15, 0.2) is 5.75 Å². The van der Waals surface area contributed by atoms with Gasteiger partial charge >= 0.3 is 5.69 Å². The summed E-state index contributed by atoms with van der Waals surface area (Å²) in [6.07, 6.45) is 1.58. The predicted molar refractivity (Wildman–Crippen MR) is 73.5 cm³/mol. The van der Waals surface area contributed by atoms with Gasteiger partial charge in [-0.15, -0.1) is 0 Å². The van der Waals surface area contributed by atoms with E-state index >= 15 is 0 Å². The Hall–Kier alpha value is -2.83. The normalized spacial score (nSPS) is 9.90. The van der Waals surface area contributed by atoms with Crippen LogP contribution in [0.25, 0.3) is 0 Å². The molecular formula is C13H13N3O4. The largest absolute Gasteiger partial charge is 0.490 e. The Balaban J connectivity index is 2.29. The molecule has 0 atom stereocenters. The molecule has 1 aromatic carbocycles. The molecule has 0 amide bonds. The van der Waals surface area contributed by atoms with Crippen molar-refractivity contribution in [3.05, 3.63) is 46.6 Å². The van der Waals surface area contributed by atoms with E-state index in [1.807, 2.05) is 0 Å². The summed E-state index contributed by atoms with van der Waals surface area (Å²) < 4.78 is 10.5. The second kappa shape index (κ2) is 5.87. The molecule has 0 aliphatic carbocycles. The summed E-state index contributed by atoms with van der Waals surface area (Å²) in [4.78, 5) is 14.5. The number of anilines is 1.